The van der Waals surface area contributed by atoms with Gasteiger partial charge in [-0.25, -0.2) is 0 Å². The molecule has 1 fully saturated rings. The Balaban J connectivity index is 2.28. The zero-order valence-electron chi connectivity index (χ0n) is 13.3. The molecule has 2 nitrogen and oxygen atoms in total. The summed E-state index contributed by atoms with van der Waals surface area (Å²) in [6, 6.07) is 0.537. The molecule has 0 heterocycles. The molecule has 1 aliphatic rings. The fraction of sp³-hybridized carbons (Fsp3) is 1.00. The predicted molar refractivity (Wildman–Crippen MR) is 79.3 cm³/mol. The average molecular weight is 309 g/mol. The summed E-state index contributed by atoms with van der Waals surface area (Å²) in [5, 5.41) is 3.61. The fourth-order valence-corrected chi connectivity index (χ4v) is 3.29. The summed E-state index contributed by atoms with van der Waals surface area (Å²) in [4.78, 5) is 0. The predicted octanol–water partition coefficient (Wildman–Crippen LogP) is 4.54. The Kier molecular flexibility index (Phi) is 8.64. The highest BCUT2D eigenvalue weighted by Crippen LogP contribution is 2.34. The molecule has 1 saturated carbocycles. The van der Waals surface area contributed by atoms with Crippen molar-refractivity contribution < 1.29 is 17.9 Å². The zero-order valence-corrected chi connectivity index (χ0v) is 13.3. The maximum absolute atomic E-state index is 12.0. The van der Waals surface area contributed by atoms with E-state index in [1.54, 1.807) is 0 Å². The molecule has 1 N–H and O–H groups in total. The minimum atomic E-state index is -4.20. The van der Waals surface area contributed by atoms with Gasteiger partial charge in [0.15, 0.2) is 0 Å². The van der Waals surface area contributed by atoms with E-state index in [0.717, 1.165) is 31.7 Å². The van der Waals surface area contributed by atoms with E-state index in [4.69, 9.17) is 4.74 Å². The molecule has 5 heteroatoms. The van der Waals surface area contributed by atoms with E-state index in [1.165, 1.54) is 25.7 Å². The average Bonchev–Trinajstić information content (AvgIpc) is 2.44. The van der Waals surface area contributed by atoms with E-state index < -0.39 is 12.8 Å². The molecule has 0 aromatic carbocycles. The lowest BCUT2D eigenvalue weighted by Gasteiger charge is -2.36. The number of rotatable bonds is 9. The smallest absolute Gasteiger partial charge is 0.372 e. The van der Waals surface area contributed by atoms with Gasteiger partial charge in [0, 0.05) is 12.6 Å². The SMILES string of the molecule is CCCNC1CCC(CC)CC1CCCOCC(F)(F)F. The van der Waals surface area contributed by atoms with E-state index in [1.807, 2.05) is 0 Å². The number of alkyl halides is 3. The fourth-order valence-electron chi connectivity index (χ4n) is 3.29. The maximum Gasteiger partial charge on any atom is 0.411 e. The van der Waals surface area contributed by atoms with Crippen LogP contribution in [0.3, 0.4) is 0 Å². The summed E-state index contributed by atoms with van der Waals surface area (Å²) in [6.45, 7) is 4.52. The zero-order chi connectivity index (χ0) is 15.7. The molecule has 1 aliphatic carbocycles. The van der Waals surface area contributed by atoms with Crippen molar-refractivity contribution in [3.63, 3.8) is 0 Å². The van der Waals surface area contributed by atoms with Gasteiger partial charge in [-0.2, -0.15) is 13.2 Å². The van der Waals surface area contributed by atoms with Gasteiger partial charge in [-0.05, 0) is 56.9 Å². The Morgan fingerprint density at radius 2 is 1.95 bits per heavy atom. The van der Waals surface area contributed by atoms with Crippen LogP contribution in [0.4, 0.5) is 13.2 Å². The Bertz CT molecular complexity index is 271. The minimum Gasteiger partial charge on any atom is -0.372 e. The van der Waals surface area contributed by atoms with Gasteiger partial charge >= 0.3 is 6.18 Å². The number of hydrogen-bond acceptors (Lipinski definition) is 2. The van der Waals surface area contributed by atoms with Crippen LogP contribution in [0.1, 0.15) is 58.8 Å². The highest BCUT2D eigenvalue weighted by atomic mass is 19.4. The van der Waals surface area contributed by atoms with Crippen molar-refractivity contribution in [3.8, 4) is 0 Å². The van der Waals surface area contributed by atoms with E-state index in [-0.39, 0.29) is 6.61 Å². The van der Waals surface area contributed by atoms with E-state index >= 15 is 0 Å². The largest absolute Gasteiger partial charge is 0.411 e. The van der Waals surface area contributed by atoms with E-state index in [9.17, 15) is 13.2 Å². The molecule has 21 heavy (non-hydrogen) atoms. The molecule has 3 unspecified atom stereocenters. The molecule has 0 amide bonds. The Hall–Kier alpha value is -0.290. The van der Waals surface area contributed by atoms with Crippen molar-refractivity contribution >= 4 is 0 Å². The highest BCUT2D eigenvalue weighted by molar-refractivity contribution is 4.84. The second kappa shape index (κ2) is 9.67. The number of hydrogen-bond donors (Lipinski definition) is 1. The molecule has 126 valence electrons. The normalized spacial score (nSPS) is 27.0. The highest BCUT2D eigenvalue weighted by Gasteiger charge is 2.29. The van der Waals surface area contributed by atoms with Crippen LogP contribution in [0, 0.1) is 11.8 Å². The molecule has 0 bridgehead atoms. The Morgan fingerprint density at radius 3 is 2.57 bits per heavy atom. The van der Waals surface area contributed by atoms with Crippen LogP contribution in [0.5, 0.6) is 0 Å². The van der Waals surface area contributed by atoms with E-state index in [2.05, 4.69) is 19.2 Å². The van der Waals surface area contributed by atoms with Crippen molar-refractivity contribution in [2.24, 2.45) is 11.8 Å². The molecule has 0 aromatic rings. The van der Waals surface area contributed by atoms with Crippen molar-refractivity contribution in [3.05, 3.63) is 0 Å². The van der Waals surface area contributed by atoms with Gasteiger partial charge in [-0.1, -0.05) is 20.3 Å². The van der Waals surface area contributed by atoms with Crippen LogP contribution < -0.4 is 5.32 Å². The first-order valence-corrected chi connectivity index (χ1v) is 8.34. The van der Waals surface area contributed by atoms with Gasteiger partial charge < -0.3 is 10.1 Å². The van der Waals surface area contributed by atoms with Crippen LogP contribution in [0.25, 0.3) is 0 Å². The summed E-state index contributed by atoms with van der Waals surface area (Å²) in [5.41, 5.74) is 0. The summed E-state index contributed by atoms with van der Waals surface area (Å²) in [5.74, 6) is 1.37. The van der Waals surface area contributed by atoms with E-state index in [0.29, 0.717) is 12.0 Å². The van der Waals surface area contributed by atoms with Crippen molar-refractivity contribution in [2.75, 3.05) is 19.8 Å². The molecule has 1 rings (SSSR count). The molecular weight excluding hydrogens is 279 g/mol. The van der Waals surface area contributed by atoms with Crippen molar-refractivity contribution in [2.45, 2.75) is 71.0 Å². The molecular formula is C16H30F3NO. The number of ether oxygens (including phenoxy) is 1. The molecule has 0 radical (unpaired) electrons. The summed E-state index contributed by atoms with van der Waals surface area (Å²) >= 11 is 0. The Morgan fingerprint density at radius 1 is 1.19 bits per heavy atom. The van der Waals surface area contributed by atoms with Gasteiger partial charge in [-0.3, -0.25) is 0 Å². The first-order valence-electron chi connectivity index (χ1n) is 8.34. The maximum atomic E-state index is 12.0. The minimum absolute atomic E-state index is 0.216. The standard InChI is InChI=1S/C16H30F3NO/c1-3-9-20-15-8-7-13(4-2)11-14(15)6-5-10-21-12-16(17,18)19/h13-15,20H,3-12H2,1-2H3. The van der Waals surface area contributed by atoms with Gasteiger partial charge in [-0.15, -0.1) is 0 Å². The molecule has 0 aliphatic heterocycles. The first-order chi connectivity index (χ1) is 9.96. The van der Waals surface area contributed by atoms with Crippen LogP contribution in [-0.4, -0.2) is 32.0 Å². The van der Waals surface area contributed by atoms with Gasteiger partial charge in [0.2, 0.25) is 0 Å². The molecule has 0 aromatic heterocycles. The third kappa shape index (κ3) is 8.05. The lowest BCUT2D eigenvalue weighted by molar-refractivity contribution is -0.174. The quantitative estimate of drug-likeness (QED) is 0.631. The van der Waals surface area contributed by atoms with Crippen LogP contribution in [0.2, 0.25) is 0 Å². The summed E-state index contributed by atoms with van der Waals surface area (Å²) in [6.07, 6.45) is 3.50. The van der Waals surface area contributed by atoms with Gasteiger partial charge in [0.05, 0.1) is 0 Å². The Labute approximate surface area is 126 Å². The van der Waals surface area contributed by atoms with Crippen molar-refractivity contribution in [1.29, 1.82) is 0 Å². The third-order valence-corrected chi connectivity index (χ3v) is 4.45. The summed E-state index contributed by atoms with van der Waals surface area (Å²) in [7, 11) is 0. The lowest BCUT2D eigenvalue weighted by atomic mass is 9.75. The van der Waals surface area contributed by atoms with Crippen LogP contribution >= 0.6 is 0 Å². The van der Waals surface area contributed by atoms with Crippen LogP contribution in [-0.2, 0) is 4.74 Å². The second-order valence-corrected chi connectivity index (χ2v) is 6.22. The van der Waals surface area contributed by atoms with Gasteiger partial charge in [0.1, 0.15) is 6.61 Å². The monoisotopic (exact) mass is 309 g/mol. The van der Waals surface area contributed by atoms with Crippen LogP contribution in [0.15, 0.2) is 0 Å². The van der Waals surface area contributed by atoms with Gasteiger partial charge in [0.25, 0.3) is 0 Å². The second-order valence-electron chi connectivity index (χ2n) is 6.22. The first kappa shape index (κ1) is 18.8. The third-order valence-electron chi connectivity index (χ3n) is 4.45. The number of nitrogens with one attached hydrogen (secondary N) is 1. The van der Waals surface area contributed by atoms with Crippen molar-refractivity contribution in [1.82, 2.24) is 5.32 Å². The molecule has 3 atom stereocenters. The summed E-state index contributed by atoms with van der Waals surface area (Å²) < 4.78 is 40.7. The topological polar surface area (TPSA) is 21.3 Å². The molecule has 0 spiro atoms. The lowest BCUT2D eigenvalue weighted by Crippen LogP contribution is -2.41. The molecule has 0 saturated heterocycles. The number of halogens is 3.